The number of aromatic nitrogens is 3. The molecule has 160 valence electrons. The first-order valence-electron chi connectivity index (χ1n) is 11.2. The second-order valence-electron chi connectivity index (χ2n) is 9.19. The number of fused-ring (bicyclic) bond motifs is 1. The van der Waals surface area contributed by atoms with Crippen LogP contribution in [0.4, 0.5) is 0 Å². The Morgan fingerprint density at radius 2 is 1.90 bits per heavy atom. The minimum absolute atomic E-state index is 0.0455. The van der Waals surface area contributed by atoms with E-state index in [0.717, 1.165) is 55.4 Å². The number of likely N-dealkylation sites (tertiary alicyclic amines) is 1. The van der Waals surface area contributed by atoms with E-state index in [-0.39, 0.29) is 18.0 Å². The number of nitrogens with one attached hydrogen (secondary N) is 1. The van der Waals surface area contributed by atoms with Gasteiger partial charge in [-0.1, -0.05) is 12.8 Å². The summed E-state index contributed by atoms with van der Waals surface area (Å²) in [5.41, 5.74) is 0.749. The predicted octanol–water partition coefficient (Wildman–Crippen LogP) is 2.65. The third-order valence-electron chi connectivity index (χ3n) is 7.10. The molecule has 30 heavy (non-hydrogen) atoms. The first-order chi connectivity index (χ1) is 14.6. The molecule has 0 atom stereocenters. The largest absolute Gasteiger partial charge is 0.497 e. The Balaban J connectivity index is 1.31. The van der Waals surface area contributed by atoms with E-state index in [0.29, 0.717) is 5.82 Å². The molecule has 0 bridgehead atoms. The van der Waals surface area contributed by atoms with Gasteiger partial charge in [0.2, 0.25) is 5.91 Å². The first kappa shape index (κ1) is 19.5. The quantitative estimate of drug-likeness (QED) is 0.841. The highest BCUT2D eigenvalue weighted by molar-refractivity contribution is 5.77. The fraction of sp³-hybridized carbons (Fsp3) is 0.609. The Hall–Kier alpha value is -2.41. The summed E-state index contributed by atoms with van der Waals surface area (Å²) in [6, 6.07) is 7.75. The van der Waals surface area contributed by atoms with Crippen molar-refractivity contribution in [3.63, 3.8) is 0 Å². The van der Waals surface area contributed by atoms with Crippen LogP contribution in [0.5, 0.6) is 5.75 Å². The summed E-state index contributed by atoms with van der Waals surface area (Å²) in [6.45, 7) is 3.57. The van der Waals surface area contributed by atoms with Gasteiger partial charge in [-0.05, 0) is 55.9 Å². The molecule has 0 radical (unpaired) electrons. The minimum atomic E-state index is -0.193. The van der Waals surface area contributed by atoms with Crippen molar-refractivity contribution in [2.24, 2.45) is 5.92 Å². The molecule has 1 amide bonds. The summed E-state index contributed by atoms with van der Waals surface area (Å²) in [6.07, 6.45) is 8.27. The molecule has 1 N–H and O–H groups in total. The molecule has 3 heterocycles. The molecule has 1 spiro atoms. The van der Waals surface area contributed by atoms with Crippen LogP contribution in [0, 0.1) is 5.92 Å². The van der Waals surface area contributed by atoms with Crippen LogP contribution >= 0.6 is 0 Å². The van der Waals surface area contributed by atoms with Gasteiger partial charge in [-0.3, -0.25) is 4.79 Å². The molecular formula is C23H31N5O2. The van der Waals surface area contributed by atoms with Crippen molar-refractivity contribution in [2.75, 3.05) is 26.7 Å². The van der Waals surface area contributed by atoms with Gasteiger partial charge in [0.1, 0.15) is 18.1 Å². The maximum Gasteiger partial charge on any atom is 0.242 e. The highest BCUT2D eigenvalue weighted by Gasteiger charge is 2.40. The van der Waals surface area contributed by atoms with Crippen molar-refractivity contribution >= 4 is 5.91 Å². The summed E-state index contributed by atoms with van der Waals surface area (Å²) in [5, 5.41) is 7.97. The van der Waals surface area contributed by atoms with Crippen molar-refractivity contribution in [1.82, 2.24) is 25.0 Å². The first-order valence-corrected chi connectivity index (χ1v) is 11.2. The average molecular weight is 410 g/mol. The topological polar surface area (TPSA) is 72.3 Å². The second-order valence-corrected chi connectivity index (χ2v) is 9.19. The third kappa shape index (κ3) is 3.95. The van der Waals surface area contributed by atoms with Gasteiger partial charge >= 0.3 is 0 Å². The monoisotopic (exact) mass is 409 g/mol. The molecule has 2 aliphatic heterocycles. The fourth-order valence-electron chi connectivity index (χ4n) is 5.34. The van der Waals surface area contributed by atoms with Crippen LogP contribution < -0.4 is 10.1 Å². The molecule has 5 rings (SSSR count). The van der Waals surface area contributed by atoms with Crippen molar-refractivity contribution < 1.29 is 9.53 Å². The van der Waals surface area contributed by atoms with Gasteiger partial charge in [0, 0.05) is 37.2 Å². The van der Waals surface area contributed by atoms with Gasteiger partial charge in [-0.15, -0.1) is 0 Å². The molecule has 7 nitrogen and oxygen atoms in total. The zero-order valence-corrected chi connectivity index (χ0v) is 17.8. The molecule has 1 aliphatic carbocycles. The Bertz CT molecular complexity index is 893. The van der Waals surface area contributed by atoms with Crippen LogP contribution in [-0.4, -0.2) is 57.9 Å². The number of piperidine rings is 1. The number of hydrogen-bond donors (Lipinski definition) is 1. The zero-order valence-electron chi connectivity index (χ0n) is 17.8. The highest BCUT2D eigenvalue weighted by atomic mass is 16.5. The standard InChI is InChI=1S/C23H31N5O2/c1-30-19-8-6-18(7-9-19)22-24-20-14-23(25-21(29)16-28(20)26-22)10-12-27(13-11-23)15-17-4-2-3-5-17/h6-9,17H,2-5,10-16H2,1H3,(H,25,29). The maximum absolute atomic E-state index is 12.7. The van der Waals surface area contributed by atoms with E-state index in [2.05, 4.69) is 15.3 Å². The van der Waals surface area contributed by atoms with Crippen LogP contribution in [0.2, 0.25) is 0 Å². The number of carbonyl (C=O) groups excluding carboxylic acids is 1. The zero-order chi connectivity index (χ0) is 20.6. The molecule has 2 fully saturated rings. The lowest BCUT2D eigenvalue weighted by Crippen LogP contribution is -2.56. The molecule has 1 aromatic carbocycles. The van der Waals surface area contributed by atoms with Crippen LogP contribution in [0.25, 0.3) is 11.4 Å². The number of methoxy groups -OCH3 is 1. The maximum atomic E-state index is 12.7. The number of amides is 1. The number of nitrogens with zero attached hydrogens (tertiary/aromatic N) is 4. The SMILES string of the molecule is COc1ccc(-c2nc3n(n2)CC(=O)NC2(CCN(CC4CCCC4)CC2)C3)cc1. The molecular weight excluding hydrogens is 378 g/mol. The van der Waals surface area contributed by atoms with E-state index in [1.54, 1.807) is 11.8 Å². The smallest absolute Gasteiger partial charge is 0.242 e. The normalized spacial score (nSPS) is 22.0. The summed E-state index contributed by atoms with van der Waals surface area (Å²) in [5.74, 6) is 3.31. The fourth-order valence-corrected chi connectivity index (χ4v) is 5.34. The summed E-state index contributed by atoms with van der Waals surface area (Å²) in [7, 11) is 1.66. The second kappa shape index (κ2) is 8.02. The van der Waals surface area contributed by atoms with E-state index < -0.39 is 0 Å². The summed E-state index contributed by atoms with van der Waals surface area (Å²) >= 11 is 0. The van der Waals surface area contributed by atoms with Crippen LogP contribution in [0.3, 0.4) is 0 Å². The van der Waals surface area contributed by atoms with Gasteiger partial charge in [0.15, 0.2) is 5.82 Å². The van der Waals surface area contributed by atoms with Crippen molar-refractivity contribution in [2.45, 2.75) is 57.0 Å². The van der Waals surface area contributed by atoms with Gasteiger partial charge in [0.25, 0.3) is 0 Å². The van der Waals surface area contributed by atoms with Crippen LogP contribution in [-0.2, 0) is 17.8 Å². The Morgan fingerprint density at radius 3 is 2.60 bits per heavy atom. The lowest BCUT2D eigenvalue weighted by atomic mass is 9.83. The molecule has 1 aromatic heterocycles. The molecule has 7 heteroatoms. The van der Waals surface area contributed by atoms with Crippen LogP contribution in [0.15, 0.2) is 24.3 Å². The number of rotatable bonds is 4. The van der Waals surface area contributed by atoms with Crippen molar-refractivity contribution in [3.05, 3.63) is 30.1 Å². The Kier molecular flexibility index (Phi) is 5.23. The molecule has 1 saturated carbocycles. The number of hydrogen-bond acceptors (Lipinski definition) is 5. The van der Waals surface area contributed by atoms with E-state index in [1.807, 2.05) is 24.3 Å². The Labute approximate surface area is 177 Å². The van der Waals surface area contributed by atoms with Crippen molar-refractivity contribution in [1.29, 1.82) is 0 Å². The molecule has 0 unspecified atom stereocenters. The third-order valence-corrected chi connectivity index (χ3v) is 7.10. The lowest BCUT2D eigenvalue weighted by molar-refractivity contribution is -0.123. The lowest BCUT2D eigenvalue weighted by Gasteiger charge is -2.42. The highest BCUT2D eigenvalue weighted by Crippen LogP contribution is 2.31. The van der Waals surface area contributed by atoms with E-state index in [4.69, 9.17) is 9.72 Å². The van der Waals surface area contributed by atoms with Crippen LogP contribution in [0.1, 0.15) is 44.3 Å². The van der Waals surface area contributed by atoms with Gasteiger partial charge in [0.05, 0.1) is 7.11 Å². The summed E-state index contributed by atoms with van der Waals surface area (Å²) < 4.78 is 7.03. The Morgan fingerprint density at radius 1 is 1.17 bits per heavy atom. The van der Waals surface area contributed by atoms with Gasteiger partial charge in [-0.25, -0.2) is 9.67 Å². The van der Waals surface area contributed by atoms with Crippen molar-refractivity contribution in [3.8, 4) is 17.1 Å². The number of carbonyl (C=O) groups is 1. The van der Waals surface area contributed by atoms with E-state index in [1.165, 1.54) is 32.2 Å². The van der Waals surface area contributed by atoms with E-state index in [9.17, 15) is 4.79 Å². The van der Waals surface area contributed by atoms with E-state index >= 15 is 0 Å². The molecule has 3 aliphatic rings. The summed E-state index contributed by atoms with van der Waals surface area (Å²) in [4.78, 5) is 20.1. The predicted molar refractivity (Wildman–Crippen MR) is 114 cm³/mol. The number of ether oxygens (including phenoxy) is 1. The van der Waals surface area contributed by atoms with Gasteiger partial charge < -0.3 is 15.0 Å². The molecule has 2 aromatic rings. The van der Waals surface area contributed by atoms with Gasteiger partial charge in [-0.2, -0.15) is 5.10 Å². The molecule has 1 saturated heterocycles. The average Bonchev–Trinajstić information content (AvgIpc) is 3.38. The minimum Gasteiger partial charge on any atom is -0.497 e. The number of benzene rings is 1.